The molecule has 2 amide bonds. The number of carbonyl (C=O) groups is 2. The van der Waals surface area contributed by atoms with Gasteiger partial charge in [-0.05, 0) is 44.6 Å². The molecule has 2 aromatic rings. The van der Waals surface area contributed by atoms with Crippen LogP contribution in [-0.2, 0) is 37.1 Å². The Morgan fingerprint density at radius 1 is 1.21 bits per heavy atom. The molecule has 1 fully saturated rings. The predicted molar refractivity (Wildman–Crippen MR) is 99.6 cm³/mol. The van der Waals surface area contributed by atoms with E-state index in [1.54, 1.807) is 0 Å². The Kier molecular flexibility index (Phi) is 4.41. The van der Waals surface area contributed by atoms with Gasteiger partial charge in [0.25, 0.3) is 5.91 Å². The Morgan fingerprint density at radius 2 is 2.07 bits per heavy atom. The third kappa shape index (κ3) is 3.43. The molecule has 2 aromatic heterocycles. The summed E-state index contributed by atoms with van der Waals surface area (Å²) in [7, 11) is 0. The Balaban J connectivity index is 1.23. The highest BCUT2D eigenvalue weighted by atomic mass is 16.5. The van der Waals surface area contributed by atoms with Crippen molar-refractivity contribution >= 4 is 11.8 Å². The lowest BCUT2D eigenvalue weighted by Crippen LogP contribution is -2.38. The predicted octanol–water partition coefficient (Wildman–Crippen LogP) is 1.62. The molecule has 3 aliphatic rings. The zero-order valence-corrected chi connectivity index (χ0v) is 15.9. The van der Waals surface area contributed by atoms with Crippen molar-refractivity contribution in [2.75, 3.05) is 6.54 Å². The molecule has 28 heavy (non-hydrogen) atoms. The third-order valence-corrected chi connectivity index (χ3v) is 5.84. The van der Waals surface area contributed by atoms with Crippen molar-refractivity contribution in [3.8, 4) is 0 Å². The van der Waals surface area contributed by atoms with E-state index in [0.717, 1.165) is 61.2 Å². The lowest BCUT2D eigenvalue weighted by molar-refractivity contribution is -0.121. The molecular weight excluding hydrogens is 358 g/mol. The van der Waals surface area contributed by atoms with Gasteiger partial charge < -0.3 is 14.7 Å². The van der Waals surface area contributed by atoms with Crippen molar-refractivity contribution in [1.29, 1.82) is 0 Å². The van der Waals surface area contributed by atoms with E-state index in [1.165, 1.54) is 0 Å². The summed E-state index contributed by atoms with van der Waals surface area (Å²) in [5.41, 5.74) is 3.86. The fraction of sp³-hybridized carbons (Fsp3) is 0.600. The van der Waals surface area contributed by atoms with Crippen LogP contribution in [0.1, 0.15) is 65.3 Å². The number of hydrogen-bond acceptors (Lipinski definition) is 5. The van der Waals surface area contributed by atoms with Crippen molar-refractivity contribution in [3.63, 3.8) is 0 Å². The van der Waals surface area contributed by atoms with Crippen molar-refractivity contribution in [3.05, 3.63) is 34.5 Å². The van der Waals surface area contributed by atoms with E-state index in [0.29, 0.717) is 44.3 Å². The van der Waals surface area contributed by atoms with E-state index in [4.69, 9.17) is 4.52 Å². The summed E-state index contributed by atoms with van der Waals surface area (Å²) in [6, 6.07) is 2.41. The van der Waals surface area contributed by atoms with Crippen LogP contribution in [0.5, 0.6) is 0 Å². The lowest BCUT2D eigenvalue weighted by atomic mass is 9.96. The SMILES string of the molecule is O=C(CCc1cc2n(n1)CCN(C(=O)c1onc3c1CCCC3)C2)NC1CC1. The van der Waals surface area contributed by atoms with Crippen LogP contribution in [0.3, 0.4) is 0 Å². The number of carbonyl (C=O) groups excluding carboxylic acids is 2. The zero-order valence-electron chi connectivity index (χ0n) is 15.9. The highest BCUT2D eigenvalue weighted by Crippen LogP contribution is 2.26. The van der Waals surface area contributed by atoms with Gasteiger partial charge in [-0.3, -0.25) is 14.3 Å². The average Bonchev–Trinajstić information content (AvgIpc) is 3.27. The molecule has 1 saturated carbocycles. The van der Waals surface area contributed by atoms with E-state index in [-0.39, 0.29) is 11.8 Å². The van der Waals surface area contributed by atoms with Crippen LogP contribution in [0.15, 0.2) is 10.6 Å². The zero-order chi connectivity index (χ0) is 19.1. The van der Waals surface area contributed by atoms with Gasteiger partial charge in [0.05, 0.1) is 30.2 Å². The van der Waals surface area contributed by atoms with Gasteiger partial charge in [0.15, 0.2) is 0 Å². The number of nitrogens with one attached hydrogen (secondary N) is 1. The van der Waals surface area contributed by atoms with E-state index in [2.05, 4.69) is 15.6 Å². The molecule has 148 valence electrons. The average molecular weight is 383 g/mol. The normalized spacial score (nSPS) is 18.5. The van der Waals surface area contributed by atoms with Gasteiger partial charge in [0.1, 0.15) is 0 Å². The second kappa shape index (κ2) is 7.07. The molecule has 0 unspecified atom stereocenters. The fourth-order valence-corrected chi connectivity index (χ4v) is 4.09. The van der Waals surface area contributed by atoms with E-state index in [1.807, 2.05) is 15.6 Å². The molecule has 1 N–H and O–H groups in total. The molecule has 5 rings (SSSR count). The number of fused-ring (bicyclic) bond motifs is 2. The maximum atomic E-state index is 13.0. The second-order valence-electron chi connectivity index (χ2n) is 8.06. The van der Waals surface area contributed by atoms with Crippen molar-refractivity contribution in [2.45, 2.75) is 70.5 Å². The molecule has 0 spiro atoms. The highest BCUT2D eigenvalue weighted by molar-refractivity contribution is 5.93. The Labute approximate surface area is 163 Å². The number of aryl methyl sites for hydroxylation is 2. The first-order valence-electron chi connectivity index (χ1n) is 10.3. The topological polar surface area (TPSA) is 93.3 Å². The third-order valence-electron chi connectivity index (χ3n) is 5.84. The molecule has 0 saturated heterocycles. The van der Waals surface area contributed by atoms with Crippen LogP contribution < -0.4 is 5.32 Å². The van der Waals surface area contributed by atoms with Gasteiger partial charge in [-0.2, -0.15) is 5.10 Å². The summed E-state index contributed by atoms with van der Waals surface area (Å²) in [4.78, 5) is 26.7. The smallest absolute Gasteiger partial charge is 0.293 e. The van der Waals surface area contributed by atoms with Crippen LogP contribution >= 0.6 is 0 Å². The van der Waals surface area contributed by atoms with Crippen LogP contribution in [0, 0.1) is 0 Å². The minimum atomic E-state index is -0.0755. The van der Waals surface area contributed by atoms with Crippen LogP contribution in [-0.4, -0.2) is 44.2 Å². The number of aromatic nitrogens is 3. The van der Waals surface area contributed by atoms with Gasteiger partial charge >= 0.3 is 0 Å². The molecule has 0 bridgehead atoms. The van der Waals surface area contributed by atoms with E-state index >= 15 is 0 Å². The van der Waals surface area contributed by atoms with Gasteiger partial charge in [0.2, 0.25) is 11.7 Å². The highest BCUT2D eigenvalue weighted by Gasteiger charge is 2.30. The second-order valence-corrected chi connectivity index (χ2v) is 8.06. The number of nitrogens with zero attached hydrogens (tertiary/aromatic N) is 4. The summed E-state index contributed by atoms with van der Waals surface area (Å²) in [6.07, 6.45) is 7.25. The summed E-state index contributed by atoms with van der Waals surface area (Å²) < 4.78 is 7.37. The molecule has 3 heterocycles. The Hall–Kier alpha value is -2.64. The lowest BCUT2D eigenvalue weighted by Gasteiger charge is -2.27. The van der Waals surface area contributed by atoms with E-state index in [9.17, 15) is 9.59 Å². The molecule has 2 aliphatic carbocycles. The molecule has 8 heteroatoms. The number of hydrogen-bond donors (Lipinski definition) is 1. The van der Waals surface area contributed by atoms with Crippen molar-refractivity contribution in [1.82, 2.24) is 25.2 Å². The summed E-state index contributed by atoms with van der Waals surface area (Å²) in [5, 5.41) is 11.7. The minimum Gasteiger partial charge on any atom is -0.353 e. The molecule has 1 aliphatic heterocycles. The fourth-order valence-electron chi connectivity index (χ4n) is 4.09. The first-order chi connectivity index (χ1) is 13.7. The largest absolute Gasteiger partial charge is 0.353 e. The molecular formula is C20H25N5O3. The summed E-state index contributed by atoms with van der Waals surface area (Å²) in [6.45, 7) is 1.77. The van der Waals surface area contributed by atoms with Gasteiger partial charge in [-0.15, -0.1) is 0 Å². The van der Waals surface area contributed by atoms with Crippen LogP contribution in [0.2, 0.25) is 0 Å². The van der Waals surface area contributed by atoms with Gasteiger partial charge in [-0.25, -0.2) is 0 Å². The first-order valence-corrected chi connectivity index (χ1v) is 10.3. The molecule has 8 nitrogen and oxygen atoms in total. The monoisotopic (exact) mass is 383 g/mol. The minimum absolute atomic E-state index is 0.0755. The Bertz CT molecular complexity index is 911. The molecule has 0 atom stereocenters. The van der Waals surface area contributed by atoms with E-state index < -0.39 is 0 Å². The van der Waals surface area contributed by atoms with Crippen molar-refractivity contribution < 1.29 is 14.1 Å². The number of rotatable bonds is 5. The number of amides is 2. The van der Waals surface area contributed by atoms with Crippen LogP contribution in [0.25, 0.3) is 0 Å². The van der Waals surface area contributed by atoms with Gasteiger partial charge in [0, 0.05) is 31.0 Å². The van der Waals surface area contributed by atoms with Gasteiger partial charge in [-0.1, -0.05) is 5.16 Å². The molecule has 0 aromatic carbocycles. The maximum absolute atomic E-state index is 13.0. The first kappa shape index (κ1) is 17.5. The standard InChI is InChI=1S/C20H25N5O3/c26-18(21-13-5-6-13)8-7-14-11-15-12-24(9-10-25(15)22-14)20(27)19-16-3-1-2-4-17(16)23-28-19/h11,13H,1-10,12H2,(H,21,26). The Morgan fingerprint density at radius 3 is 2.93 bits per heavy atom. The van der Waals surface area contributed by atoms with Crippen LogP contribution in [0.4, 0.5) is 0 Å². The summed E-state index contributed by atoms with van der Waals surface area (Å²) >= 11 is 0. The summed E-state index contributed by atoms with van der Waals surface area (Å²) in [5.74, 6) is 0.438. The quantitative estimate of drug-likeness (QED) is 0.847. The van der Waals surface area contributed by atoms with Crippen molar-refractivity contribution in [2.24, 2.45) is 0 Å². The molecule has 0 radical (unpaired) electrons. The maximum Gasteiger partial charge on any atom is 0.293 e.